The summed E-state index contributed by atoms with van der Waals surface area (Å²) in [5.74, 6) is -2.05. The molecule has 8 heteroatoms. The Bertz CT molecular complexity index is 770. The highest BCUT2D eigenvalue weighted by molar-refractivity contribution is 7.89. The zero-order chi connectivity index (χ0) is 20.0. The molecule has 0 saturated carbocycles. The zero-order valence-corrected chi connectivity index (χ0v) is 16.7. The number of nitrogens with zero attached hydrogens (tertiary/aromatic N) is 1. The lowest BCUT2D eigenvalue weighted by atomic mass is 9.95. The zero-order valence-electron chi connectivity index (χ0n) is 15.8. The number of rotatable bonds is 8. The summed E-state index contributed by atoms with van der Waals surface area (Å²) >= 11 is 0. The first-order chi connectivity index (χ1) is 12.7. The summed E-state index contributed by atoms with van der Waals surface area (Å²) in [6, 6.07) is 7.67. The third kappa shape index (κ3) is 6.04. The van der Waals surface area contributed by atoms with Crippen molar-refractivity contribution in [3.63, 3.8) is 0 Å². The highest BCUT2D eigenvalue weighted by Gasteiger charge is 2.30. The second kappa shape index (κ2) is 9.32. The summed E-state index contributed by atoms with van der Waals surface area (Å²) in [6.45, 7) is 4.29. The van der Waals surface area contributed by atoms with Gasteiger partial charge in [0, 0.05) is 25.6 Å². The molecule has 1 saturated heterocycles. The highest BCUT2D eigenvalue weighted by Crippen LogP contribution is 2.20. The van der Waals surface area contributed by atoms with Crippen molar-refractivity contribution in [3.05, 3.63) is 35.4 Å². The quantitative estimate of drug-likeness (QED) is 0.692. The number of sulfonamides is 1. The summed E-state index contributed by atoms with van der Waals surface area (Å²) in [5.41, 5.74) is 1.99. The molecule has 1 atom stereocenters. The van der Waals surface area contributed by atoms with Crippen molar-refractivity contribution in [2.45, 2.75) is 33.1 Å². The number of benzene rings is 1. The molecule has 2 N–H and O–H groups in total. The van der Waals surface area contributed by atoms with Crippen LogP contribution >= 0.6 is 0 Å². The monoisotopic (exact) mass is 396 g/mol. The Kier molecular flexibility index (Phi) is 7.38. The van der Waals surface area contributed by atoms with Crippen molar-refractivity contribution < 1.29 is 23.1 Å². The number of aryl methyl sites for hydroxylation is 1. The molecule has 1 aliphatic rings. The van der Waals surface area contributed by atoms with Crippen LogP contribution in [0, 0.1) is 18.8 Å². The van der Waals surface area contributed by atoms with Gasteiger partial charge in [0.15, 0.2) is 0 Å². The molecule has 27 heavy (non-hydrogen) atoms. The van der Waals surface area contributed by atoms with Crippen LogP contribution in [0.2, 0.25) is 0 Å². The lowest BCUT2D eigenvalue weighted by Gasteiger charge is -2.30. The molecule has 150 valence electrons. The largest absolute Gasteiger partial charge is 0.481 e. The van der Waals surface area contributed by atoms with E-state index in [2.05, 4.69) is 5.32 Å². The van der Waals surface area contributed by atoms with E-state index in [4.69, 9.17) is 0 Å². The molecule has 0 spiro atoms. The number of carbonyl (C=O) groups excluding carboxylic acids is 1. The molecule has 1 fully saturated rings. The summed E-state index contributed by atoms with van der Waals surface area (Å²) in [7, 11) is -3.22. The molecular weight excluding hydrogens is 368 g/mol. The van der Waals surface area contributed by atoms with Crippen molar-refractivity contribution in [1.29, 1.82) is 0 Å². The molecule has 1 heterocycles. The maximum absolute atomic E-state index is 12.4. The predicted molar refractivity (Wildman–Crippen MR) is 103 cm³/mol. The number of hydrogen-bond donors (Lipinski definition) is 2. The number of carboxylic acids is 1. The average molecular weight is 397 g/mol. The highest BCUT2D eigenvalue weighted by atomic mass is 32.2. The van der Waals surface area contributed by atoms with Crippen LogP contribution in [0.1, 0.15) is 30.9 Å². The van der Waals surface area contributed by atoms with Gasteiger partial charge in [-0.25, -0.2) is 12.7 Å². The van der Waals surface area contributed by atoms with Crippen LogP contribution in [0.4, 0.5) is 0 Å². The molecule has 0 aliphatic carbocycles. The molecular formula is C19H28N2O5S. The Morgan fingerprint density at radius 2 is 1.96 bits per heavy atom. The Morgan fingerprint density at radius 3 is 2.52 bits per heavy atom. The van der Waals surface area contributed by atoms with E-state index >= 15 is 0 Å². The van der Waals surface area contributed by atoms with Gasteiger partial charge in [-0.3, -0.25) is 9.59 Å². The van der Waals surface area contributed by atoms with Gasteiger partial charge in [0.2, 0.25) is 15.9 Å². The van der Waals surface area contributed by atoms with Gasteiger partial charge < -0.3 is 10.4 Å². The van der Waals surface area contributed by atoms with Crippen molar-refractivity contribution in [2.24, 2.45) is 11.8 Å². The number of carbonyl (C=O) groups is 2. The fourth-order valence-electron chi connectivity index (χ4n) is 3.32. The van der Waals surface area contributed by atoms with Crippen molar-refractivity contribution >= 4 is 21.9 Å². The van der Waals surface area contributed by atoms with Crippen molar-refractivity contribution in [3.8, 4) is 0 Å². The smallest absolute Gasteiger partial charge is 0.308 e. The third-order valence-electron chi connectivity index (χ3n) is 5.02. The number of amides is 1. The van der Waals surface area contributed by atoms with Crippen molar-refractivity contribution in [1.82, 2.24) is 9.62 Å². The van der Waals surface area contributed by atoms with Gasteiger partial charge >= 0.3 is 5.97 Å². The first kappa shape index (κ1) is 21.4. The first-order valence-corrected chi connectivity index (χ1v) is 10.9. The minimum atomic E-state index is -3.22. The van der Waals surface area contributed by atoms with Crippen LogP contribution in [-0.2, 0) is 26.0 Å². The first-order valence-electron chi connectivity index (χ1n) is 9.26. The molecule has 1 amide bonds. The number of nitrogens with one attached hydrogen (secondary N) is 1. The Labute approximate surface area is 160 Å². The third-order valence-corrected chi connectivity index (χ3v) is 6.90. The number of piperidine rings is 1. The minimum absolute atomic E-state index is 0.0586. The summed E-state index contributed by atoms with van der Waals surface area (Å²) < 4.78 is 25.2. The Hall–Kier alpha value is -1.93. The van der Waals surface area contributed by atoms with E-state index in [1.807, 2.05) is 31.2 Å². The molecule has 1 unspecified atom stereocenters. The number of carboxylic acid groups (broad SMARTS) is 1. The number of aliphatic carboxylic acids is 1. The topological polar surface area (TPSA) is 104 Å². The van der Waals surface area contributed by atoms with Crippen LogP contribution in [-0.4, -0.2) is 55.1 Å². The van der Waals surface area contributed by atoms with Crippen LogP contribution in [0.25, 0.3) is 0 Å². The van der Waals surface area contributed by atoms with Gasteiger partial charge in [0.25, 0.3) is 0 Å². The molecule has 1 aliphatic heterocycles. The lowest BCUT2D eigenvalue weighted by Crippen LogP contribution is -2.44. The standard InChI is InChI=1S/C19H28N2O5S/c1-3-27(25,26)21-9-7-16(8-10-21)18(22)20-13-17(19(23)24)12-15-6-4-5-14(2)11-15/h4-6,11,16-17H,3,7-10,12-13H2,1-2H3,(H,20,22)(H,23,24). The maximum Gasteiger partial charge on any atom is 0.308 e. The van der Waals surface area contributed by atoms with E-state index in [1.165, 1.54) is 4.31 Å². The van der Waals surface area contributed by atoms with E-state index in [1.54, 1.807) is 6.92 Å². The lowest BCUT2D eigenvalue weighted by molar-refractivity contribution is -0.141. The molecule has 0 bridgehead atoms. The van der Waals surface area contributed by atoms with E-state index < -0.39 is 21.9 Å². The SMILES string of the molecule is CCS(=O)(=O)N1CCC(C(=O)NCC(Cc2cccc(C)c2)C(=O)O)CC1. The van der Waals surface area contributed by atoms with E-state index in [9.17, 15) is 23.1 Å². The van der Waals surface area contributed by atoms with Crippen LogP contribution in [0.3, 0.4) is 0 Å². The molecule has 7 nitrogen and oxygen atoms in total. The molecule has 0 radical (unpaired) electrons. The molecule has 0 aromatic heterocycles. The van der Waals surface area contributed by atoms with Gasteiger partial charge in [-0.15, -0.1) is 0 Å². The average Bonchev–Trinajstić information content (AvgIpc) is 2.64. The second-order valence-electron chi connectivity index (χ2n) is 7.05. The molecule has 1 aromatic rings. The fraction of sp³-hybridized carbons (Fsp3) is 0.579. The second-order valence-corrected chi connectivity index (χ2v) is 9.30. The van der Waals surface area contributed by atoms with E-state index in [-0.39, 0.29) is 24.1 Å². The van der Waals surface area contributed by atoms with Gasteiger partial charge in [0.1, 0.15) is 0 Å². The minimum Gasteiger partial charge on any atom is -0.481 e. The summed E-state index contributed by atoms with van der Waals surface area (Å²) in [6.07, 6.45) is 1.27. The normalized spacial score (nSPS) is 17.4. The van der Waals surface area contributed by atoms with E-state index in [0.29, 0.717) is 32.4 Å². The van der Waals surface area contributed by atoms with Crippen LogP contribution < -0.4 is 5.32 Å². The Morgan fingerprint density at radius 1 is 1.30 bits per heavy atom. The van der Waals surface area contributed by atoms with Gasteiger partial charge in [-0.1, -0.05) is 29.8 Å². The fourth-order valence-corrected chi connectivity index (χ4v) is 4.45. The number of hydrogen-bond acceptors (Lipinski definition) is 4. The summed E-state index contributed by atoms with van der Waals surface area (Å²) in [5, 5.41) is 12.2. The van der Waals surface area contributed by atoms with Gasteiger partial charge in [0.05, 0.1) is 11.7 Å². The molecule has 2 rings (SSSR count). The van der Waals surface area contributed by atoms with Gasteiger partial charge in [-0.05, 0) is 38.7 Å². The van der Waals surface area contributed by atoms with E-state index in [0.717, 1.165) is 11.1 Å². The Balaban J connectivity index is 1.87. The van der Waals surface area contributed by atoms with Crippen molar-refractivity contribution in [2.75, 3.05) is 25.4 Å². The molecule has 1 aromatic carbocycles. The maximum atomic E-state index is 12.4. The summed E-state index contributed by atoms with van der Waals surface area (Å²) in [4.78, 5) is 23.9. The predicted octanol–water partition coefficient (Wildman–Crippen LogP) is 1.42. The van der Waals surface area contributed by atoms with Crippen LogP contribution in [0.15, 0.2) is 24.3 Å². The van der Waals surface area contributed by atoms with Crippen LogP contribution in [0.5, 0.6) is 0 Å². The van der Waals surface area contributed by atoms with Gasteiger partial charge in [-0.2, -0.15) is 0 Å².